The van der Waals surface area contributed by atoms with E-state index in [2.05, 4.69) is 10.6 Å². The molecule has 1 aliphatic carbocycles. The van der Waals surface area contributed by atoms with Gasteiger partial charge < -0.3 is 24.8 Å². The zero-order valence-corrected chi connectivity index (χ0v) is 18.5. The Hall–Kier alpha value is -1.72. The number of anilines is 2. The lowest BCUT2D eigenvalue weighted by Gasteiger charge is -2.26. The Bertz CT molecular complexity index is 862. The molecule has 31 heavy (non-hydrogen) atoms. The molecule has 1 amide bonds. The van der Waals surface area contributed by atoms with Crippen molar-refractivity contribution in [2.75, 3.05) is 63.3 Å². The van der Waals surface area contributed by atoms with E-state index >= 15 is 0 Å². The van der Waals surface area contributed by atoms with Crippen LogP contribution in [0.2, 0.25) is 0 Å². The Morgan fingerprint density at radius 2 is 1.94 bits per heavy atom. The summed E-state index contributed by atoms with van der Waals surface area (Å²) < 4.78 is 43.9. The molecule has 0 radical (unpaired) electrons. The first-order chi connectivity index (χ1) is 15.0. The maximum atomic E-state index is 13.1. The van der Waals surface area contributed by atoms with Gasteiger partial charge in [-0.1, -0.05) is 0 Å². The van der Waals surface area contributed by atoms with Crippen molar-refractivity contribution in [2.24, 2.45) is 5.92 Å². The van der Waals surface area contributed by atoms with Crippen molar-refractivity contribution >= 4 is 27.3 Å². The van der Waals surface area contributed by atoms with E-state index in [1.54, 1.807) is 12.1 Å². The number of sulfonamides is 1. The van der Waals surface area contributed by atoms with Crippen LogP contribution in [0.5, 0.6) is 0 Å². The first kappa shape index (κ1) is 22.5. The van der Waals surface area contributed by atoms with Crippen molar-refractivity contribution in [3.63, 3.8) is 0 Å². The molecule has 1 saturated carbocycles. The van der Waals surface area contributed by atoms with Crippen LogP contribution in [0.25, 0.3) is 0 Å². The Morgan fingerprint density at radius 1 is 1.13 bits per heavy atom. The largest absolute Gasteiger partial charge is 0.381 e. The van der Waals surface area contributed by atoms with Gasteiger partial charge in [0.1, 0.15) is 6.61 Å². The van der Waals surface area contributed by atoms with Gasteiger partial charge in [0.25, 0.3) is 0 Å². The standard InChI is InChI=1S/C21H31N3O6S/c25-21(15-29-14-16-3-4-16)23-20-12-18(31(26,27)24-7-10-28-11-8-24)5-6-19(20)22-13-17-2-1-9-30-17/h5-6,12,16-17,22H,1-4,7-11,13-15H2,(H,23,25). The summed E-state index contributed by atoms with van der Waals surface area (Å²) in [6, 6.07) is 4.78. The van der Waals surface area contributed by atoms with Crippen LogP contribution in [-0.2, 0) is 29.0 Å². The van der Waals surface area contributed by atoms with Crippen LogP contribution in [0, 0.1) is 5.92 Å². The van der Waals surface area contributed by atoms with Gasteiger partial charge in [-0.25, -0.2) is 8.42 Å². The summed E-state index contributed by atoms with van der Waals surface area (Å²) in [5.41, 5.74) is 1.08. The van der Waals surface area contributed by atoms with Crippen LogP contribution in [0.1, 0.15) is 25.7 Å². The number of amides is 1. The van der Waals surface area contributed by atoms with Crippen LogP contribution in [0.3, 0.4) is 0 Å². The molecular weight excluding hydrogens is 422 g/mol. The average Bonchev–Trinajstić information content (AvgIpc) is 3.45. The van der Waals surface area contributed by atoms with Crippen molar-refractivity contribution < 1.29 is 27.4 Å². The number of hydrogen-bond acceptors (Lipinski definition) is 7. The number of carbonyl (C=O) groups excluding carboxylic acids is 1. The topological polar surface area (TPSA) is 106 Å². The highest BCUT2D eigenvalue weighted by atomic mass is 32.2. The minimum absolute atomic E-state index is 0.0535. The van der Waals surface area contributed by atoms with Gasteiger partial charge in [-0.05, 0) is 49.8 Å². The zero-order chi connectivity index (χ0) is 21.7. The van der Waals surface area contributed by atoms with Crippen LogP contribution in [0.15, 0.2) is 23.1 Å². The molecule has 1 aromatic rings. The van der Waals surface area contributed by atoms with Crippen LogP contribution in [-0.4, -0.2) is 77.4 Å². The highest BCUT2D eigenvalue weighted by molar-refractivity contribution is 7.89. The lowest BCUT2D eigenvalue weighted by atomic mass is 10.2. The maximum absolute atomic E-state index is 13.1. The van der Waals surface area contributed by atoms with Gasteiger partial charge in [0.05, 0.1) is 42.2 Å². The van der Waals surface area contributed by atoms with Gasteiger partial charge in [0.2, 0.25) is 15.9 Å². The number of nitrogens with one attached hydrogen (secondary N) is 2. The molecule has 0 aromatic heterocycles. The quantitative estimate of drug-likeness (QED) is 0.555. The molecule has 10 heteroatoms. The molecule has 3 fully saturated rings. The molecule has 4 rings (SSSR count). The predicted octanol–water partition coefficient (Wildman–Crippen LogP) is 1.66. The number of rotatable bonds is 10. The molecule has 0 bridgehead atoms. The minimum Gasteiger partial charge on any atom is -0.381 e. The number of nitrogens with zero attached hydrogens (tertiary/aromatic N) is 1. The molecule has 172 valence electrons. The lowest BCUT2D eigenvalue weighted by Crippen LogP contribution is -2.40. The molecule has 2 heterocycles. The molecular formula is C21H31N3O6S. The van der Waals surface area contributed by atoms with E-state index in [-0.39, 0.29) is 23.5 Å². The Kier molecular flexibility index (Phi) is 7.44. The molecule has 9 nitrogen and oxygen atoms in total. The number of carbonyl (C=O) groups is 1. The molecule has 2 N–H and O–H groups in total. The number of morpholine rings is 1. The van der Waals surface area contributed by atoms with E-state index in [1.807, 2.05) is 0 Å². The van der Waals surface area contributed by atoms with E-state index in [0.29, 0.717) is 56.7 Å². The third kappa shape index (κ3) is 6.17. The van der Waals surface area contributed by atoms with Crippen molar-refractivity contribution in [3.8, 4) is 0 Å². The van der Waals surface area contributed by atoms with E-state index in [4.69, 9.17) is 14.2 Å². The summed E-state index contributed by atoms with van der Waals surface area (Å²) in [4.78, 5) is 12.6. The number of hydrogen-bond donors (Lipinski definition) is 2. The fourth-order valence-corrected chi connectivity index (χ4v) is 5.13. The van der Waals surface area contributed by atoms with Crippen LogP contribution < -0.4 is 10.6 Å². The second-order valence-electron chi connectivity index (χ2n) is 8.25. The molecule has 1 unspecified atom stereocenters. The van der Waals surface area contributed by atoms with Gasteiger partial charge in [0, 0.05) is 26.2 Å². The van der Waals surface area contributed by atoms with Gasteiger partial charge in [0.15, 0.2) is 0 Å². The second kappa shape index (κ2) is 10.3. The molecule has 1 atom stereocenters. The summed E-state index contributed by atoms with van der Waals surface area (Å²) in [6.07, 6.45) is 4.43. The SMILES string of the molecule is O=C(COCC1CC1)Nc1cc(S(=O)(=O)N2CCOCC2)ccc1NCC1CCCO1. The summed E-state index contributed by atoms with van der Waals surface area (Å²) in [5.74, 6) is 0.264. The normalized spacial score (nSPS) is 22.4. The minimum atomic E-state index is -3.67. The molecule has 1 aromatic carbocycles. The summed E-state index contributed by atoms with van der Waals surface area (Å²) in [6.45, 7) is 3.27. The van der Waals surface area contributed by atoms with Gasteiger partial charge >= 0.3 is 0 Å². The van der Waals surface area contributed by atoms with E-state index in [9.17, 15) is 13.2 Å². The van der Waals surface area contributed by atoms with Gasteiger partial charge in [-0.15, -0.1) is 0 Å². The number of benzene rings is 1. The third-order valence-corrected chi connectivity index (χ3v) is 7.60. The highest BCUT2D eigenvalue weighted by Crippen LogP contribution is 2.30. The van der Waals surface area contributed by atoms with Gasteiger partial charge in [-0.2, -0.15) is 4.31 Å². The second-order valence-corrected chi connectivity index (χ2v) is 10.2. The predicted molar refractivity (Wildman–Crippen MR) is 116 cm³/mol. The maximum Gasteiger partial charge on any atom is 0.250 e. The van der Waals surface area contributed by atoms with Crippen molar-refractivity contribution in [3.05, 3.63) is 18.2 Å². The third-order valence-electron chi connectivity index (χ3n) is 5.70. The summed E-state index contributed by atoms with van der Waals surface area (Å²) in [7, 11) is -3.67. The Morgan fingerprint density at radius 3 is 2.65 bits per heavy atom. The Balaban J connectivity index is 1.48. The van der Waals surface area contributed by atoms with Crippen LogP contribution in [0.4, 0.5) is 11.4 Å². The smallest absolute Gasteiger partial charge is 0.250 e. The van der Waals surface area contributed by atoms with Crippen molar-refractivity contribution in [1.29, 1.82) is 0 Å². The average molecular weight is 454 g/mol. The van der Waals surface area contributed by atoms with Crippen molar-refractivity contribution in [1.82, 2.24) is 4.31 Å². The van der Waals surface area contributed by atoms with Gasteiger partial charge in [-0.3, -0.25) is 4.79 Å². The molecule has 3 aliphatic rings. The number of ether oxygens (including phenoxy) is 3. The summed E-state index contributed by atoms with van der Waals surface area (Å²) >= 11 is 0. The van der Waals surface area contributed by atoms with Crippen LogP contribution >= 0.6 is 0 Å². The van der Waals surface area contributed by atoms with E-state index in [1.165, 1.54) is 10.4 Å². The lowest BCUT2D eigenvalue weighted by molar-refractivity contribution is -0.120. The zero-order valence-electron chi connectivity index (χ0n) is 17.7. The first-order valence-corrected chi connectivity index (χ1v) is 12.4. The molecule has 2 saturated heterocycles. The first-order valence-electron chi connectivity index (χ1n) is 11.0. The fourth-order valence-electron chi connectivity index (χ4n) is 3.70. The molecule has 0 spiro atoms. The van der Waals surface area contributed by atoms with Crippen molar-refractivity contribution in [2.45, 2.75) is 36.7 Å². The Labute approximate surface area is 183 Å². The fraction of sp³-hybridized carbons (Fsp3) is 0.667. The monoisotopic (exact) mass is 453 g/mol. The molecule has 2 aliphatic heterocycles. The highest BCUT2D eigenvalue weighted by Gasteiger charge is 2.27. The van der Waals surface area contributed by atoms with E-state index in [0.717, 1.165) is 32.3 Å². The van der Waals surface area contributed by atoms with E-state index < -0.39 is 10.0 Å². The summed E-state index contributed by atoms with van der Waals surface area (Å²) in [5, 5.41) is 6.11.